The van der Waals surface area contributed by atoms with Crippen LogP contribution < -0.4 is 5.32 Å². The van der Waals surface area contributed by atoms with Crippen molar-refractivity contribution in [1.82, 2.24) is 15.1 Å². The first-order valence-electron chi connectivity index (χ1n) is 10.1. The molecule has 1 saturated heterocycles. The Morgan fingerprint density at radius 1 is 1.13 bits per heavy atom. The third-order valence-corrected chi connectivity index (χ3v) is 5.01. The molecule has 1 aliphatic heterocycles. The van der Waals surface area contributed by atoms with Crippen molar-refractivity contribution in [3.8, 4) is 6.07 Å². The minimum atomic E-state index is -0.247. The highest BCUT2D eigenvalue weighted by molar-refractivity contribution is 5.91. The SMILES string of the molecule is N#Cc1ccc(CN2CCCN(C(=O)CCNC(=O)/C=C/c3ccco3)CC2)cc1. The number of carbonyl (C=O) groups is 2. The van der Waals surface area contributed by atoms with Gasteiger partial charge in [-0.15, -0.1) is 0 Å². The largest absolute Gasteiger partial charge is 0.465 e. The molecule has 1 N–H and O–H groups in total. The third kappa shape index (κ3) is 6.61. The zero-order valence-electron chi connectivity index (χ0n) is 16.9. The molecule has 7 heteroatoms. The quantitative estimate of drug-likeness (QED) is 0.713. The van der Waals surface area contributed by atoms with E-state index in [0.717, 1.165) is 32.6 Å². The average Bonchev–Trinajstić information content (AvgIpc) is 3.18. The molecule has 1 aliphatic rings. The van der Waals surface area contributed by atoms with Crippen molar-refractivity contribution < 1.29 is 14.0 Å². The van der Waals surface area contributed by atoms with E-state index in [4.69, 9.17) is 9.68 Å². The number of hydrogen-bond donors (Lipinski definition) is 1. The molecule has 0 bridgehead atoms. The minimum Gasteiger partial charge on any atom is -0.465 e. The first kappa shape index (κ1) is 21.3. The van der Waals surface area contributed by atoms with E-state index < -0.39 is 0 Å². The van der Waals surface area contributed by atoms with Crippen molar-refractivity contribution in [3.05, 3.63) is 65.6 Å². The van der Waals surface area contributed by atoms with Crippen LogP contribution in [0.1, 0.15) is 29.7 Å². The summed E-state index contributed by atoms with van der Waals surface area (Å²) in [6.07, 6.45) is 5.74. The van der Waals surface area contributed by atoms with Gasteiger partial charge in [0.05, 0.1) is 17.9 Å². The molecule has 1 aromatic heterocycles. The lowest BCUT2D eigenvalue weighted by molar-refractivity contribution is -0.131. The van der Waals surface area contributed by atoms with Gasteiger partial charge in [-0.2, -0.15) is 5.26 Å². The Balaban J connectivity index is 1.38. The van der Waals surface area contributed by atoms with Gasteiger partial charge in [0, 0.05) is 51.8 Å². The maximum Gasteiger partial charge on any atom is 0.244 e. The Kier molecular flexibility index (Phi) is 7.81. The molecule has 0 atom stereocenters. The van der Waals surface area contributed by atoms with Gasteiger partial charge in [-0.05, 0) is 42.3 Å². The fourth-order valence-corrected chi connectivity index (χ4v) is 3.37. The second-order valence-corrected chi connectivity index (χ2v) is 7.21. The topological polar surface area (TPSA) is 89.6 Å². The lowest BCUT2D eigenvalue weighted by Gasteiger charge is -2.22. The van der Waals surface area contributed by atoms with Crippen molar-refractivity contribution in [1.29, 1.82) is 5.26 Å². The van der Waals surface area contributed by atoms with Gasteiger partial charge in [0.15, 0.2) is 0 Å². The minimum absolute atomic E-state index is 0.0607. The third-order valence-electron chi connectivity index (χ3n) is 5.01. The molecule has 156 valence electrons. The van der Waals surface area contributed by atoms with Gasteiger partial charge in [0.1, 0.15) is 5.76 Å². The summed E-state index contributed by atoms with van der Waals surface area (Å²) in [4.78, 5) is 28.5. The van der Waals surface area contributed by atoms with Gasteiger partial charge < -0.3 is 14.6 Å². The summed E-state index contributed by atoms with van der Waals surface area (Å²) in [5.41, 5.74) is 1.83. The molecule has 2 heterocycles. The van der Waals surface area contributed by atoms with Crippen molar-refractivity contribution in [2.75, 3.05) is 32.7 Å². The molecule has 2 amide bonds. The van der Waals surface area contributed by atoms with Crippen LogP contribution in [0.4, 0.5) is 0 Å². The number of furan rings is 1. The maximum absolute atomic E-state index is 12.5. The molecule has 0 aliphatic carbocycles. The molecule has 0 saturated carbocycles. The fraction of sp³-hybridized carbons (Fsp3) is 0.348. The predicted molar refractivity (Wildman–Crippen MR) is 113 cm³/mol. The summed E-state index contributed by atoms with van der Waals surface area (Å²) in [7, 11) is 0. The summed E-state index contributed by atoms with van der Waals surface area (Å²) in [6.45, 7) is 4.27. The Morgan fingerprint density at radius 3 is 2.70 bits per heavy atom. The second kappa shape index (κ2) is 11.0. The summed E-state index contributed by atoms with van der Waals surface area (Å²) < 4.78 is 5.13. The molecule has 1 aromatic carbocycles. The number of nitrogens with zero attached hydrogens (tertiary/aromatic N) is 3. The lowest BCUT2D eigenvalue weighted by atomic mass is 10.1. The molecule has 0 radical (unpaired) electrons. The smallest absolute Gasteiger partial charge is 0.244 e. The number of nitrogens with one attached hydrogen (secondary N) is 1. The normalized spacial score (nSPS) is 15.0. The van der Waals surface area contributed by atoms with E-state index in [0.29, 0.717) is 24.4 Å². The van der Waals surface area contributed by atoms with Crippen LogP contribution in [0.5, 0.6) is 0 Å². The number of benzene rings is 1. The van der Waals surface area contributed by atoms with Crippen molar-refractivity contribution in [2.45, 2.75) is 19.4 Å². The molecule has 1 fully saturated rings. The second-order valence-electron chi connectivity index (χ2n) is 7.21. The Hall–Kier alpha value is -3.37. The highest BCUT2D eigenvalue weighted by Crippen LogP contribution is 2.11. The van der Waals surface area contributed by atoms with Crippen LogP contribution in [0, 0.1) is 11.3 Å². The van der Waals surface area contributed by atoms with E-state index >= 15 is 0 Å². The summed E-state index contributed by atoms with van der Waals surface area (Å²) >= 11 is 0. The van der Waals surface area contributed by atoms with Crippen molar-refractivity contribution >= 4 is 17.9 Å². The van der Waals surface area contributed by atoms with Crippen LogP contribution in [0.3, 0.4) is 0 Å². The number of amides is 2. The number of carbonyl (C=O) groups excluding carboxylic acids is 2. The maximum atomic E-state index is 12.5. The van der Waals surface area contributed by atoms with Gasteiger partial charge in [-0.25, -0.2) is 0 Å². The van der Waals surface area contributed by atoms with Gasteiger partial charge in [0.2, 0.25) is 11.8 Å². The van der Waals surface area contributed by atoms with Gasteiger partial charge in [-0.1, -0.05) is 12.1 Å². The Morgan fingerprint density at radius 2 is 1.97 bits per heavy atom. The monoisotopic (exact) mass is 406 g/mol. The first-order chi connectivity index (χ1) is 14.6. The van der Waals surface area contributed by atoms with E-state index in [2.05, 4.69) is 16.3 Å². The average molecular weight is 406 g/mol. The molecule has 30 heavy (non-hydrogen) atoms. The van der Waals surface area contributed by atoms with Crippen LogP contribution in [-0.4, -0.2) is 54.3 Å². The van der Waals surface area contributed by atoms with E-state index in [1.165, 1.54) is 11.6 Å². The van der Waals surface area contributed by atoms with Gasteiger partial charge >= 0.3 is 0 Å². The molecule has 7 nitrogen and oxygen atoms in total. The number of rotatable bonds is 7. The van der Waals surface area contributed by atoms with E-state index in [1.54, 1.807) is 24.5 Å². The Bertz CT molecular complexity index is 898. The molecule has 2 aromatic rings. The summed E-state index contributed by atoms with van der Waals surface area (Å²) in [5, 5.41) is 11.6. The summed E-state index contributed by atoms with van der Waals surface area (Å²) in [6, 6.07) is 13.3. The fourth-order valence-electron chi connectivity index (χ4n) is 3.37. The lowest BCUT2D eigenvalue weighted by Crippen LogP contribution is -2.37. The van der Waals surface area contributed by atoms with E-state index in [-0.39, 0.29) is 18.2 Å². The standard InChI is InChI=1S/C23H26N4O3/c24-17-19-4-6-20(7-5-19)18-26-12-2-13-27(15-14-26)23(29)10-11-25-22(28)9-8-21-3-1-16-30-21/h1,3-9,16H,2,10-15,18H2,(H,25,28)/b9-8+. The predicted octanol–water partition coefficient (Wildman–Crippen LogP) is 2.41. The first-order valence-corrected chi connectivity index (χ1v) is 10.1. The molecular weight excluding hydrogens is 380 g/mol. The highest BCUT2D eigenvalue weighted by atomic mass is 16.3. The molecule has 0 unspecified atom stereocenters. The molecule has 0 spiro atoms. The number of nitriles is 1. The zero-order chi connectivity index (χ0) is 21.2. The zero-order valence-corrected chi connectivity index (χ0v) is 16.9. The van der Waals surface area contributed by atoms with Crippen molar-refractivity contribution in [2.24, 2.45) is 0 Å². The number of hydrogen-bond acceptors (Lipinski definition) is 5. The van der Waals surface area contributed by atoms with Crippen LogP contribution >= 0.6 is 0 Å². The van der Waals surface area contributed by atoms with Crippen LogP contribution in [0.15, 0.2) is 53.2 Å². The van der Waals surface area contributed by atoms with Gasteiger partial charge in [-0.3, -0.25) is 14.5 Å². The van der Waals surface area contributed by atoms with Gasteiger partial charge in [0.25, 0.3) is 0 Å². The molecular formula is C23H26N4O3. The van der Waals surface area contributed by atoms with Crippen LogP contribution in [0.2, 0.25) is 0 Å². The van der Waals surface area contributed by atoms with Crippen LogP contribution in [0.25, 0.3) is 6.08 Å². The Labute approximate surface area is 176 Å². The van der Waals surface area contributed by atoms with E-state index in [1.807, 2.05) is 29.2 Å². The highest BCUT2D eigenvalue weighted by Gasteiger charge is 2.19. The van der Waals surface area contributed by atoms with E-state index in [9.17, 15) is 9.59 Å². The van der Waals surface area contributed by atoms with Crippen molar-refractivity contribution in [3.63, 3.8) is 0 Å². The van der Waals surface area contributed by atoms with Crippen LogP contribution in [-0.2, 0) is 16.1 Å². The molecule has 3 rings (SSSR count). The summed E-state index contributed by atoms with van der Waals surface area (Å²) in [5.74, 6) is 0.422.